The fourth-order valence-corrected chi connectivity index (χ4v) is 2.71. The summed E-state index contributed by atoms with van der Waals surface area (Å²) < 4.78 is 0. The minimum Gasteiger partial charge on any atom is -0.330 e. The van der Waals surface area contributed by atoms with E-state index in [9.17, 15) is 0 Å². The molecule has 80 valence electrons. The molecule has 3 nitrogen and oxygen atoms in total. The van der Waals surface area contributed by atoms with E-state index in [1.54, 1.807) is 11.3 Å². The molecule has 15 heavy (non-hydrogen) atoms. The summed E-state index contributed by atoms with van der Waals surface area (Å²) >= 11 is 1.67. The van der Waals surface area contributed by atoms with Crippen LogP contribution in [0.5, 0.6) is 0 Å². The molecule has 2 aromatic rings. The monoisotopic (exact) mass is 221 g/mol. The van der Waals surface area contributed by atoms with Crippen molar-refractivity contribution in [2.45, 2.75) is 25.7 Å². The Morgan fingerprint density at radius 2 is 2.40 bits per heavy atom. The van der Waals surface area contributed by atoms with Crippen LogP contribution >= 0.6 is 11.3 Å². The highest BCUT2D eigenvalue weighted by Gasteiger charge is 2.14. The minimum absolute atomic E-state index is 0.397. The summed E-state index contributed by atoms with van der Waals surface area (Å²) in [5.74, 6) is 0.397. The van der Waals surface area contributed by atoms with Crippen LogP contribution in [0, 0.1) is 0 Å². The molecule has 4 heteroatoms. The second-order valence-electron chi connectivity index (χ2n) is 3.60. The van der Waals surface area contributed by atoms with Gasteiger partial charge in [0.05, 0.1) is 5.01 Å². The molecule has 0 radical (unpaired) electrons. The lowest BCUT2D eigenvalue weighted by Crippen LogP contribution is -2.11. The molecule has 0 saturated carbocycles. The van der Waals surface area contributed by atoms with Crippen LogP contribution in [-0.4, -0.2) is 16.5 Å². The quantitative estimate of drug-likeness (QED) is 0.863. The first-order chi connectivity index (χ1) is 7.35. The summed E-state index contributed by atoms with van der Waals surface area (Å²) in [5, 5.41) is 1.13. The Hall–Kier alpha value is -1.00. The number of thiazole rings is 1. The first kappa shape index (κ1) is 10.5. The third-order valence-electron chi connectivity index (χ3n) is 2.45. The van der Waals surface area contributed by atoms with Gasteiger partial charge in [-0.2, -0.15) is 0 Å². The van der Waals surface area contributed by atoms with Crippen molar-refractivity contribution in [2.75, 3.05) is 6.54 Å². The Bertz CT molecular complexity index is 405. The lowest BCUT2D eigenvalue weighted by molar-refractivity contribution is 0.620. The molecule has 0 aromatic carbocycles. The molecule has 1 atom stereocenters. The van der Waals surface area contributed by atoms with Crippen LogP contribution in [0.3, 0.4) is 0 Å². The largest absolute Gasteiger partial charge is 0.330 e. The van der Waals surface area contributed by atoms with Gasteiger partial charge in [-0.15, -0.1) is 0 Å². The maximum absolute atomic E-state index is 5.76. The second-order valence-corrected chi connectivity index (χ2v) is 4.61. The second kappa shape index (κ2) is 4.68. The number of pyridine rings is 1. The summed E-state index contributed by atoms with van der Waals surface area (Å²) in [7, 11) is 0. The number of nitrogens with zero attached hydrogens (tertiary/aromatic N) is 2. The zero-order valence-electron chi connectivity index (χ0n) is 8.81. The predicted octanol–water partition coefficient (Wildman–Crippen LogP) is 2.53. The molecule has 2 N–H and O–H groups in total. The number of hydrogen-bond donors (Lipinski definition) is 1. The van der Waals surface area contributed by atoms with Crippen molar-refractivity contribution in [1.29, 1.82) is 0 Å². The van der Waals surface area contributed by atoms with E-state index < -0.39 is 0 Å². The van der Waals surface area contributed by atoms with Crippen molar-refractivity contribution in [3.05, 3.63) is 23.3 Å². The molecule has 0 aliphatic carbocycles. The number of aromatic nitrogens is 2. The van der Waals surface area contributed by atoms with Crippen molar-refractivity contribution in [3.63, 3.8) is 0 Å². The average Bonchev–Trinajstić information content (AvgIpc) is 2.69. The normalized spacial score (nSPS) is 13.2. The number of hydrogen-bond acceptors (Lipinski definition) is 4. The van der Waals surface area contributed by atoms with E-state index in [4.69, 9.17) is 5.73 Å². The first-order valence-electron chi connectivity index (χ1n) is 5.26. The van der Waals surface area contributed by atoms with E-state index in [0.717, 1.165) is 28.2 Å². The molecule has 0 aliphatic heterocycles. The molecule has 1 unspecified atom stereocenters. The molecular weight excluding hydrogens is 206 g/mol. The molecule has 2 heterocycles. The van der Waals surface area contributed by atoms with E-state index >= 15 is 0 Å². The van der Waals surface area contributed by atoms with Gasteiger partial charge in [0.15, 0.2) is 0 Å². The van der Waals surface area contributed by atoms with E-state index in [0.29, 0.717) is 12.5 Å². The molecule has 2 rings (SSSR count). The molecular formula is C11H15N3S. The van der Waals surface area contributed by atoms with Gasteiger partial charge in [0.25, 0.3) is 0 Å². The average molecular weight is 221 g/mol. The zero-order valence-corrected chi connectivity index (χ0v) is 9.63. The molecule has 0 spiro atoms. The summed E-state index contributed by atoms with van der Waals surface area (Å²) in [4.78, 5) is 9.89. The fourth-order valence-electron chi connectivity index (χ4n) is 1.65. The van der Waals surface area contributed by atoms with Crippen LogP contribution in [0.1, 0.15) is 30.7 Å². The van der Waals surface area contributed by atoms with Crippen LogP contribution in [0.25, 0.3) is 10.3 Å². The van der Waals surface area contributed by atoms with Gasteiger partial charge in [0.2, 0.25) is 0 Å². The van der Waals surface area contributed by atoms with Crippen molar-refractivity contribution >= 4 is 21.7 Å². The molecule has 2 aromatic heterocycles. The van der Waals surface area contributed by atoms with Gasteiger partial charge in [-0.1, -0.05) is 24.7 Å². The highest BCUT2D eigenvalue weighted by Crippen LogP contribution is 2.27. The van der Waals surface area contributed by atoms with Crippen LogP contribution in [0.4, 0.5) is 0 Å². The van der Waals surface area contributed by atoms with Gasteiger partial charge in [-0.3, -0.25) is 0 Å². The Balaban J connectivity index is 2.34. The van der Waals surface area contributed by atoms with Gasteiger partial charge in [0, 0.05) is 18.7 Å². The van der Waals surface area contributed by atoms with Gasteiger partial charge in [0.1, 0.15) is 10.3 Å². The third kappa shape index (κ3) is 2.16. The lowest BCUT2D eigenvalue weighted by atomic mass is 10.1. The number of nitrogens with two attached hydrogens (primary N) is 1. The molecule has 0 amide bonds. The van der Waals surface area contributed by atoms with E-state index in [1.165, 1.54) is 0 Å². The summed E-state index contributed by atoms with van der Waals surface area (Å²) in [6, 6.07) is 3.92. The van der Waals surface area contributed by atoms with Gasteiger partial charge in [-0.05, 0) is 18.6 Å². The summed E-state index contributed by atoms with van der Waals surface area (Å²) in [6.45, 7) is 2.85. The Labute approximate surface area is 93.4 Å². The van der Waals surface area contributed by atoms with Crippen molar-refractivity contribution < 1.29 is 0 Å². The highest BCUT2D eigenvalue weighted by molar-refractivity contribution is 7.18. The van der Waals surface area contributed by atoms with E-state index in [-0.39, 0.29) is 0 Å². The van der Waals surface area contributed by atoms with E-state index in [1.807, 2.05) is 18.3 Å². The van der Waals surface area contributed by atoms with Crippen molar-refractivity contribution in [1.82, 2.24) is 9.97 Å². The van der Waals surface area contributed by atoms with Crippen molar-refractivity contribution in [3.8, 4) is 0 Å². The Kier molecular flexibility index (Phi) is 3.28. The zero-order chi connectivity index (χ0) is 10.7. The van der Waals surface area contributed by atoms with Crippen molar-refractivity contribution in [2.24, 2.45) is 5.73 Å². The molecule has 0 fully saturated rings. The van der Waals surface area contributed by atoms with Crippen LogP contribution in [0.2, 0.25) is 0 Å². The number of fused-ring (bicyclic) bond motifs is 1. The fraction of sp³-hybridized carbons (Fsp3) is 0.455. The maximum Gasteiger partial charge on any atom is 0.143 e. The van der Waals surface area contributed by atoms with Gasteiger partial charge in [-0.25, -0.2) is 9.97 Å². The molecule has 0 aliphatic rings. The van der Waals surface area contributed by atoms with E-state index in [2.05, 4.69) is 16.9 Å². The van der Waals surface area contributed by atoms with Gasteiger partial charge >= 0.3 is 0 Å². The number of rotatable bonds is 4. The third-order valence-corrected chi connectivity index (χ3v) is 3.60. The van der Waals surface area contributed by atoms with Crippen LogP contribution in [0.15, 0.2) is 18.3 Å². The highest BCUT2D eigenvalue weighted by atomic mass is 32.1. The lowest BCUT2D eigenvalue weighted by Gasteiger charge is -2.08. The Morgan fingerprint density at radius 3 is 3.07 bits per heavy atom. The topological polar surface area (TPSA) is 51.8 Å². The first-order valence-corrected chi connectivity index (χ1v) is 6.08. The molecule has 0 saturated heterocycles. The van der Waals surface area contributed by atoms with Crippen LogP contribution in [-0.2, 0) is 0 Å². The summed E-state index contributed by atoms with van der Waals surface area (Å²) in [6.07, 6.45) is 4.06. The smallest absolute Gasteiger partial charge is 0.143 e. The van der Waals surface area contributed by atoms with Crippen LogP contribution < -0.4 is 5.73 Å². The standard InChI is InChI=1S/C11H15N3S/c1-2-4-8(7-12)10-14-9-5-3-6-13-11(9)15-10/h3,5-6,8H,2,4,7,12H2,1H3. The SMILES string of the molecule is CCCC(CN)c1nc2cccnc2s1. The molecule has 0 bridgehead atoms. The Morgan fingerprint density at radius 1 is 1.53 bits per heavy atom. The van der Waals surface area contributed by atoms with Gasteiger partial charge < -0.3 is 5.73 Å². The minimum atomic E-state index is 0.397. The maximum atomic E-state index is 5.76. The summed E-state index contributed by atoms with van der Waals surface area (Å²) in [5.41, 5.74) is 6.75. The predicted molar refractivity (Wildman–Crippen MR) is 64.1 cm³/mol.